The average molecular weight is 770 g/mol. The molecule has 0 aliphatic rings. The Labute approximate surface area is 345 Å². The van der Waals surface area contributed by atoms with Gasteiger partial charge in [0.15, 0.2) is 0 Å². The van der Waals surface area contributed by atoms with Crippen LogP contribution in [0.3, 0.4) is 0 Å². The standard InChI is InChI=1S/C56H35NOS/c1-2-12-37(13-3-1)44-29-24-40(49-33-39-14-4-5-15-43(39)45-16-6-7-17-46(45)49)34-52(44)57(42-28-31-56-51(35-42)48-19-9-11-21-55(48)59-56)41-26-22-36(23-27-41)38-25-30-54-50(32-38)47-18-8-10-20-53(47)58-54/h1-35H. The zero-order valence-electron chi connectivity index (χ0n) is 32.0. The molecule has 0 radical (unpaired) electrons. The maximum absolute atomic E-state index is 6.17. The maximum atomic E-state index is 6.17. The third kappa shape index (κ3) is 5.62. The van der Waals surface area contributed by atoms with E-state index in [0.717, 1.165) is 55.7 Å². The lowest BCUT2D eigenvalue weighted by Gasteiger charge is -2.29. The molecule has 0 saturated heterocycles. The smallest absolute Gasteiger partial charge is 0.135 e. The van der Waals surface area contributed by atoms with Crippen molar-refractivity contribution in [2.45, 2.75) is 0 Å². The van der Waals surface area contributed by atoms with E-state index in [9.17, 15) is 0 Å². The molecule has 59 heavy (non-hydrogen) atoms. The van der Waals surface area contributed by atoms with Gasteiger partial charge in [-0.1, -0.05) is 146 Å². The minimum atomic E-state index is 0.904. The Kier molecular flexibility index (Phi) is 7.75. The fourth-order valence-corrected chi connectivity index (χ4v) is 10.1. The van der Waals surface area contributed by atoms with Crippen molar-refractivity contribution < 1.29 is 4.42 Å². The van der Waals surface area contributed by atoms with Crippen LogP contribution in [0.2, 0.25) is 0 Å². The summed E-state index contributed by atoms with van der Waals surface area (Å²) in [7, 11) is 0. The Morgan fingerprint density at radius 1 is 0.322 bits per heavy atom. The molecule has 2 heterocycles. The Balaban J connectivity index is 1.09. The number of hydrogen-bond acceptors (Lipinski definition) is 3. The van der Waals surface area contributed by atoms with Crippen molar-refractivity contribution in [3.63, 3.8) is 0 Å². The van der Waals surface area contributed by atoms with Gasteiger partial charge in [-0.05, 0) is 116 Å². The van der Waals surface area contributed by atoms with Gasteiger partial charge in [0.05, 0.1) is 5.69 Å². The number of anilines is 3. The fourth-order valence-electron chi connectivity index (χ4n) is 9.03. The first kappa shape index (κ1) is 33.7. The molecule has 0 aliphatic carbocycles. The highest BCUT2D eigenvalue weighted by Gasteiger charge is 2.21. The van der Waals surface area contributed by atoms with Crippen molar-refractivity contribution >= 4 is 92.1 Å². The number of thiophene rings is 1. The second-order valence-electron chi connectivity index (χ2n) is 15.3. The summed E-state index contributed by atoms with van der Waals surface area (Å²) in [6, 6.07) is 77.3. The van der Waals surface area contributed by atoms with Crippen LogP contribution in [0.5, 0.6) is 0 Å². The molecule has 0 fully saturated rings. The van der Waals surface area contributed by atoms with Crippen molar-refractivity contribution in [1.82, 2.24) is 0 Å². The predicted molar refractivity (Wildman–Crippen MR) is 253 cm³/mol. The lowest BCUT2D eigenvalue weighted by atomic mass is 9.91. The highest BCUT2D eigenvalue weighted by Crippen LogP contribution is 2.47. The van der Waals surface area contributed by atoms with Crippen LogP contribution in [0, 0.1) is 0 Å². The first-order valence-corrected chi connectivity index (χ1v) is 20.9. The van der Waals surface area contributed by atoms with Gasteiger partial charge >= 0.3 is 0 Å². The molecular weight excluding hydrogens is 735 g/mol. The highest BCUT2D eigenvalue weighted by molar-refractivity contribution is 7.25. The summed E-state index contributed by atoms with van der Waals surface area (Å²) in [6.45, 7) is 0. The molecule has 0 atom stereocenters. The first-order chi connectivity index (χ1) is 29.2. The van der Waals surface area contributed by atoms with Crippen LogP contribution in [0.15, 0.2) is 217 Å². The Bertz CT molecular complexity index is 3560. The quantitative estimate of drug-likeness (QED) is 0.157. The molecule has 10 aromatic carbocycles. The van der Waals surface area contributed by atoms with Crippen molar-refractivity contribution in [2.75, 3.05) is 4.90 Å². The summed E-state index contributed by atoms with van der Waals surface area (Å²) in [5.41, 5.74) is 12.2. The monoisotopic (exact) mass is 769 g/mol. The SMILES string of the molecule is c1ccc(-c2ccc(-c3cc4ccccc4c4ccccc34)cc2N(c2ccc(-c3ccc4oc5ccccc5c4c3)cc2)c2ccc3sc4ccccc4c3c2)cc1. The molecule has 0 unspecified atom stereocenters. The van der Waals surface area contributed by atoms with Gasteiger partial charge in [0.25, 0.3) is 0 Å². The van der Waals surface area contributed by atoms with E-state index >= 15 is 0 Å². The Morgan fingerprint density at radius 3 is 1.83 bits per heavy atom. The molecule has 0 N–H and O–H groups in total. The summed E-state index contributed by atoms with van der Waals surface area (Å²) >= 11 is 1.85. The van der Waals surface area contributed by atoms with Crippen molar-refractivity contribution in [2.24, 2.45) is 0 Å². The molecular formula is C56H35NOS. The largest absolute Gasteiger partial charge is 0.456 e. The lowest BCUT2D eigenvalue weighted by molar-refractivity contribution is 0.669. The maximum Gasteiger partial charge on any atom is 0.135 e. The summed E-state index contributed by atoms with van der Waals surface area (Å²) in [6.07, 6.45) is 0. The van der Waals surface area contributed by atoms with Gasteiger partial charge in [-0.15, -0.1) is 11.3 Å². The Hall–Kier alpha value is -7.46. The van der Waals surface area contributed by atoms with Crippen LogP contribution in [-0.4, -0.2) is 0 Å². The summed E-state index contributed by atoms with van der Waals surface area (Å²) in [4.78, 5) is 2.46. The van der Waals surface area contributed by atoms with Gasteiger partial charge in [-0.2, -0.15) is 0 Å². The van der Waals surface area contributed by atoms with Crippen LogP contribution in [-0.2, 0) is 0 Å². The van der Waals surface area contributed by atoms with Gasteiger partial charge < -0.3 is 9.32 Å². The molecule has 2 nitrogen and oxygen atoms in total. The number of rotatable bonds is 6. The molecule has 0 aliphatic heterocycles. The molecule has 2 aromatic heterocycles. The van der Waals surface area contributed by atoms with Gasteiger partial charge in [-0.3, -0.25) is 0 Å². The van der Waals surface area contributed by atoms with Crippen LogP contribution in [0.4, 0.5) is 17.1 Å². The number of hydrogen-bond donors (Lipinski definition) is 0. The van der Waals surface area contributed by atoms with E-state index in [1.807, 2.05) is 23.5 Å². The summed E-state index contributed by atoms with van der Waals surface area (Å²) in [5, 5.41) is 9.83. The summed E-state index contributed by atoms with van der Waals surface area (Å²) in [5.74, 6) is 0. The average Bonchev–Trinajstić information content (AvgIpc) is 3.87. The predicted octanol–water partition coefficient (Wildman–Crippen LogP) is 16.7. The van der Waals surface area contributed by atoms with Crippen LogP contribution in [0.1, 0.15) is 0 Å². The molecule has 0 spiro atoms. The number of para-hydroxylation sites is 1. The van der Waals surface area contributed by atoms with Crippen molar-refractivity contribution in [1.29, 1.82) is 0 Å². The van der Waals surface area contributed by atoms with E-state index < -0.39 is 0 Å². The molecule has 0 amide bonds. The van der Waals surface area contributed by atoms with Crippen LogP contribution >= 0.6 is 11.3 Å². The van der Waals surface area contributed by atoms with Gasteiger partial charge in [0.1, 0.15) is 11.2 Å². The second-order valence-corrected chi connectivity index (χ2v) is 16.3. The van der Waals surface area contributed by atoms with E-state index in [0.29, 0.717) is 0 Å². The van der Waals surface area contributed by atoms with E-state index in [1.165, 1.54) is 58.4 Å². The second kappa shape index (κ2) is 13.6. The van der Waals surface area contributed by atoms with Crippen LogP contribution in [0.25, 0.3) is 97.0 Å². The normalized spacial score (nSPS) is 11.7. The van der Waals surface area contributed by atoms with Crippen LogP contribution < -0.4 is 4.90 Å². The van der Waals surface area contributed by atoms with Crippen molar-refractivity contribution in [3.8, 4) is 33.4 Å². The number of benzene rings is 10. The van der Waals surface area contributed by atoms with Gasteiger partial charge in [0, 0.05) is 47.9 Å². The summed E-state index contributed by atoms with van der Waals surface area (Å²) < 4.78 is 8.75. The first-order valence-electron chi connectivity index (χ1n) is 20.1. The topological polar surface area (TPSA) is 16.4 Å². The molecule has 276 valence electrons. The molecule has 12 rings (SSSR count). The van der Waals surface area contributed by atoms with Gasteiger partial charge in [0.2, 0.25) is 0 Å². The fraction of sp³-hybridized carbons (Fsp3) is 0. The Morgan fingerprint density at radius 2 is 0.966 bits per heavy atom. The molecule has 0 bridgehead atoms. The minimum Gasteiger partial charge on any atom is -0.456 e. The molecule has 0 saturated carbocycles. The van der Waals surface area contributed by atoms with E-state index in [4.69, 9.17) is 4.42 Å². The minimum absolute atomic E-state index is 0.904. The zero-order chi connectivity index (χ0) is 38.9. The molecule has 12 aromatic rings. The highest BCUT2D eigenvalue weighted by atomic mass is 32.1. The van der Waals surface area contributed by atoms with E-state index in [-0.39, 0.29) is 0 Å². The van der Waals surface area contributed by atoms with E-state index in [2.05, 4.69) is 205 Å². The zero-order valence-corrected chi connectivity index (χ0v) is 32.8. The number of nitrogens with zero attached hydrogens (tertiary/aromatic N) is 1. The third-order valence-electron chi connectivity index (χ3n) is 11.9. The molecule has 3 heteroatoms. The number of fused-ring (bicyclic) bond motifs is 9. The van der Waals surface area contributed by atoms with Crippen molar-refractivity contribution in [3.05, 3.63) is 212 Å². The number of furan rings is 1. The third-order valence-corrected chi connectivity index (χ3v) is 13.0. The van der Waals surface area contributed by atoms with Gasteiger partial charge in [-0.25, -0.2) is 0 Å². The lowest BCUT2D eigenvalue weighted by Crippen LogP contribution is -2.11. The van der Waals surface area contributed by atoms with E-state index in [1.54, 1.807) is 0 Å².